The van der Waals surface area contributed by atoms with Crippen LogP contribution in [0.2, 0.25) is 0 Å². The molecule has 0 amide bonds. The van der Waals surface area contributed by atoms with E-state index >= 15 is 0 Å². The van der Waals surface area contributed by atoms with Gasteiger partial charge in [-0.1, -0.05) is 45.1 Å². The summed E-state index contributed by atoms with van der Waals surface area (Å²) in [5, 5.41) is 21.8. The summed E-state index contributed by atoms with van der Waals surface area (Å²) in [7, 11) is 1.88. The summed E-state index contributed by atoms with van der Waals surface area (Å²) in [4.78, 5) is 8.00. The van der Waals surface area contributed by atoms with Gasteiger partial charge in [-0.2, -0.15) is 0 Å². The zero-order chi connectivity index (χ0) is 19.2. The van der Waals surface area contributed by atoms with Crippen LogP contribution in [0.3, 0.4) is 0 Å². The number of nitrogens with two attached hydrogens (primary N) is 1. The second-order valence-electron chi connectivity index (χ2n) is 6.53. The Labute approximate surface area is 151 Å². The number of carbonyl (C=O) groups excluding carboxylic acids is 1. The minimum absolute atomic E-state index is 0.00846. The molecule has 2 rings (SSSR count). The van der Waals surface area contributed by atoms with E-state index in [1.165, 1.54) is 44.2 Å². The molecule has 1 unspecified atom stereocenters. The molecule has 5 N–H and O–H groups in total. The lowest BCUT2D eigenvalue weighted by molar-refractivity contribution is -0.0979. The molecule has 0 bridgehead atoms. The van der Waals surface area contributed by atoms with Gasteiger partial charge in [-0.3, -0.25) is 0 Å². The zero-order valence-corrected chi connectivity index (χ0v) is 15.8. The highest BCUT2D eigenvalue weighted by atomic mass is 16.3. The lowest BCUT2D eigenvalue weighted by atomic mass is 9.91. The van der Waals surface area contributed by atoms with Gasteiger partial charge in [0.2, 0.25) is 0 Å². The van der Waals surface area contributed by atoms with Crippen LogP contribution in [0, 0.1) is 5.92 Å². The average Bonchev–Trinajstić information content (AvgIpc) is 2.62. The molecule has 5 nitrogen and oxygen atoms in total. The summed E-state index contributed by atoms with van der Waals surface area (Å²) in [6.45, 7) is 6.40. The Bertz CT molecular complexity index is 512. The predicted molar refractivity (Wildman–Crippen MR) is 104 cm³/mol. The monoisotopic (exact) mass is 350 g/mol. The van der Waals surface area contributed by atoms with Crippen molar-refractivity contribution in [3.63, 3.8) is 0 Å². The Morgan fingerprint density at radius 1 is 1.32 bits per heavy atom. The molecule has 1 aliphatic carbocycles. The maximum Gasteiger partial charge on any atom is 0.128 e. The standard InChI is InChI=1S/C12H18N2O2.C7H14.CH2O/c1-8(14-2)3-6-11(13)10-5-4-9(15)7-12(10)16;1-7-5-3-2-4-6-7;1-2/h4-8,14-16H,3,13H2,1-2H3;7H,2-6H2,1H3;1H2/b11-6-;;. The molecular weight excluding hydrogens is 316 g/mol. The summed E-state index contributed by atoms with van der Waals surface area (Å²) in [6.07, 6.45) is 10.1. The number of nitrogens with one attached hydrogen (secondary N) is 1. The highest BCUT2D eigenvalue weighted by Crippen LogP contribution is 2.26. The number of benzene rings is 1. The summed E-state index contributed by atoms with van der Waals surface area (Å²) in [5.74, 6) is 1.05. The number of carbonyl (C=O) groups is 1. The fraction of sp³-hybridized carbons (Fsp3) is 0.550. The zero-order valence-electron chi connectivity index (χ0n) is 15.8. The van der Waals surface area contributed by atoms with E-state index in [4.69, 9.17) is 15.6 Å². The van der Waals surface area contributed by atoms with Gasteiger partial charge in [0.15, 0.2) is 0 Å². The quantitative estimate of drug-likeness (QED) is 0.662. The third-order valence-electron chi connectivity index (χ3n) is 4.37. The normalized spacial score (nSPS) is 16.0. The fourth-order valence-corrected chi connectivity index (χ4v) is 2.60. The minimum atomic E-state index is -0.00846. The van der Waals surface area contributed by atoms with Gasteiger partial charge in [-0.25, -0.2) is 0 Å². The highest BCUT2D eigenvalue weighted by molar-refractivity contribution is 5.68. The number of aromatic hydroxyl groups is 2. The molecule has 0 radical (unpaired) electrons. The van der Waals surface area contributed by atoms with Crippen molar-refractivity contribution < 1.29 is 15.0 Å². The van der Waals surface area contributed by atoms with Crippen LogP contribution < -0.4 is 11.1 Å². The largest absolute Gasteiger partial charge is 0.508 e. The molecule has 1 fully saturated rings. The van der Waals surface area contributed by atoms with E-state index in [1.807, 2.05) is 26.8 Å². The van der Waals surface area contributed by atoms with Crippen LogP contribution in [-0.4, -0.2) is 30.1 Å². The number of hydrogen-bond acceptors (Lipinski definition) is 5. The number of rotatable bonds is 4. The Morgan fingerprint density at radius 2 is 1.92 bits per heavy atom. The SMILES string of the molecule is C=O.CC1CCCCC1.CNC(C)C/C=C(\N)c1ccc(O)cc1O. The molecule has 1 aromatic rings. The molecule has 1 atom stereocenters. The highest BCUT2D eigenvalue weighted by Gasteiger charge is 2.06. The van der Waals surface area contributed by atoms with E-state index in [0.717, 1.165) is 12.3 Å². The van der Waals surface area contributed by atoms with Gasteiger partial charge in [-0.15, -0.1) is 0 Å². The first-order chi connectivity index (χ1) is 11.9. The van der Waals surface area contributed by atoms with Crippen LogP contribution in [0.5, 0.6) is 11.5 Å². The van der Waals surface area contributed by atoms with Crippen LogP contribution in [0.4, 0.5) is 0 Å². The van der Waals surface area contributed by atoms with E-state index in [9.17, 15) is 5.11 Å². The van der Waals surface area contributed by atoms with E-state index in [2.05, 4.69) is 12.2 Å². The Hall–Kier alpha value is -2.01. The molecule has 5 heteroatoms. The lowest BCUT2D eigenvalue weighted by Gasteiger charge is -2.15. The summed E-state index contributed by atoms with van der Waals surface area (Å²) < 4.78 is 0. The van der Waals surface area contributed by atoms with E-state index in [0.29, 0.717) is 17.3 Å². The van der Waals surface area contributed by atoms with Crippen LogP contribution in [0.25, 0.3) is 5.70 Å². The van der Waals surface area contributed by atoms with Crippen molar-refractivity contribution in [2.75, 3.05) is 7.05 Å². The predicted octanol–water partition coefficient (Wildman–Crippen LogP) is 3.80. The molecule has 1 saturated carbocycles. The molecule has 1 aromatic carbocycles. The molecule has 0 aromatic heterocycles. The van der Waals surface area contributed by atoms with Crippen LogP contribution in [0.15, 0.2) is 24.3 Å². The Morgan fingerprint density at radius 3 is 2.36 bits per heavy atom. The van der Waals surface area contributed by atoms with Crippen molar-refractivity contribution >= 4 is 12.5 Å². The molecule has 0 spiro atoms. The summed E-state index contributed by atoms with van der Waals surface area (Å²) >= 11 is 0. The first kappa shape index (κ1) is 23.0. The van der Waals surface area contributed by atoms with E-state index in [1.54, 1.807) is 6.07 Å². The second kappa shape index (κ2) is 13.3. The molecule has 25 heavy (non-hydrogen) atoms. The van der Waals surface area contributed by atoms with Crippen molar-refractivity contribution in [2.24, 2.45) is 11.7 Å². The topological polar surface area (TPSA) is 95.6 Å². The summed E-state index contributed by atoms with van der Waals surface area (Å²) in [5.41, 5.74) is 6.90. The lowest BCUT2D eigenvalue weighted by Crippen LogP contribution is -2.20. The number of hydrogen-bond donors (Lipinski definition) is 4. The smallest absolute Gasteiger partial charge is 0.128 e. The minimum Gasteiger partial charge on any atom is -0.508 e. The van der Waals surface area contributed by atoms with Gasteiger partial charge in [-0.05, 0) is 38.4 Å². The van der Waals surface area contributed by atoms with Gasteiger partial charge in [0.25, 0.3) is 0 Å². The molecule has 0 aliphatic heterocycles. The van der Waals surface area contributed by atoms with Gasteiger partial charge >= 0.3 is 0 Å². The maximum absolute atomic E-state index is 9.59. The Kier molecular flexibility index (Phi) is 12.2. The molecule has 0 heterocycles. The Balaban J connectivity index is 0.000000530. The van der Waals surface area contributed by atoms with E-state index in [-0.39, 0.29) is 11.5 Å². The van der Waals surface area contributed by atoms with Crippen LogP contribution in [-0.2, 0) is 4.79 Å². The van der Waals surface area contributed by atoms with Crippen molar-refractivity contribution in [3.05, 3.63) is 29.8 Å². The molecule has 142 valence electrons. The van der Waals surface area contributed by atoms with Gasteiger partial charge in [0.1, 0.15) is 18.3 Å². The van der Waals surface area contributed by atoms with Crippen molar-refractivity contribution in [3.8, 4) is 11.5 Å². The fourth-order valence-electron chi connectivity index (χ4n) is 2.60. The van der Waals surface area contributed by atoms with Crippen molar-refractivity contribution in [1.29, 1.82) is 0 Å². The van der Waals surface area contributed by atoms with Gasteiger partial charge in [0.05, 0.1) is 0 Å². The molecule has 0 saturated heterocycles. The number of phenols is 2. The average molecular weight is 351 g/mol. The first-order valence-corrected chi connectivity index (χ1v) is 8.88. The van der Waals surface area contributed by atoms with Crippen LogP contribution >= 0.6 is 0 Å². The van der Waals surface area contributed by atoms with Crippen molar-refractivity contribution in [1.82, 2.24) is 5.32 Å². The second-order valence-corrected chi connectivity index (χ2v) is 6.53. The first-order valence-electron chi connectivity index (χ1n) is 8.88. The van der Waals surface area contributed by atoms with E-state index < -0.39 is 0 Å². The number of phenolic OH excluding ortho intramolecular Hbond substituents is 2. The van der Waals surface area contributed by atoms with Crippen molar-refractivity contribution in [2.45, 2.75) is 58.4 Å². The summed E-state index contributed by atoms with van der Waals surface area (Å²) in [6, 6.07) is 4.70. The molecular formula is C20H34N2O3. The molecule has 1 aliphatic rings. The van der Waals surface area contributed by atoms with Gasteiger partial charge < -0.3 is 26.1 Å². The van der Waals surface area contributed by atoms with Crippen LogP contribution in [0.1, 0.15) is 57.9 Å². The third-order valence-corrected chi connectivity index (χ3v) is 4.37. The van der Waals surface area contributed by atoms with Gasteiger partial charge in [0, 0.05) is 23.4 Å². The maximum atomic E-state index is 9.59. The third kappa shape index (κ3) is 9.77.